The molecule has 2 fully saturated rings. The van der Waals surface area contributed by atoms with Crippen molar-refractivity contribution in [2.45, 2.75) is 38.4 Å². The third-order valence-corrected chi connectivity index (χ3v) is 5.57. The van der Waals surface area contributed by atoms with Crippen molar-refractivity contribution >= 4 is 23.7 Å². The molecule has 8 nitrogen and oxygen atoms in total. The molecule has 0 saturated carbocycles. The first-order valence-corrected chi connectivity index (χ1v) is 10.2. The molecule has 1 aromatic heterocycles. The molecule has 1 aromatic carbocycles. The van der Waals surface area contributed by atoms with Gasteiger partial charge in [0.05, 0.1) is 11.5 Å². The normalized spacial score (nSPS) is 19.7. The monoisotopic (exact) mass is 436 g/mol. The first-order chi connectivity index (χ1) is 14.8. The van der Waals surface area contributed by atoms with E-state index in [9.17, 15) is 22.8 Å². The van der Waals surface area contributed by atoms with Crippen LogP contribution in [0.4, 0.5) is 25.1 Å². The lowest BCUT2D eigenvalue weighted by Crippen LogP contribution is -2.30. The SMILES string of the molecule is O=C(Nc1nc(N2CCCCC2)n[nH]1)C1CC(=O)N(Cc2cccc(C(F)(F)F)c2)C1. The molecule has 2 amide bonds. The Balaban J connectivity index is 1.35. The summed E-state index contributed by atoms with van der Waals surface area (Å²) in [6, 6.07) is 4.86. The molecule has 0 bridgehead atoms. The maximum absolute atomic E-state index is 12.9. The molecule has 11 heteroatoms. The predicted molar refractivity (Wildman–Crippen MR) is 106 cm³/mol. The molecule has 1 unspecified atom stereocenters. The molecule has 2 N–H and O–H groups in total. The fourth-order valence-electron chi connectivity index (χ4n) is 3.93. The summed E-state index contributed by atoms with van der Waals surface area (Å²) >= 11 is 0. The topological polar surface area (TPSA) is 94.2 Å². The van der Waals surface area contributed by atoms with Crippen LogP contribution in [0.2, 0.25) is 0 Å². The van der Waals surface area contributed by atoms with Gasteiger partial charge in [0.1, 0.15) is 0 Å². The van der Waals surface area contributed by atoms with Crippen LogP contribution in [0.25, 0.3) is 0 Å². The highest BCUT2D eigenvalue weighted by atomic mass is 19.4. The number of benzene rings is 1. The molecule has 4 rings (SSSR count). The van der Waals surface area contributed by atoms with E-state index in [2.05, 4.69) is 20.5 Å². The minimum Gasteiger partial charge on any atom is -0.340 e. The summed E-state index contributed by atoms with van der Waals surface area (Å²) in [6.45, 7) is 1.89. The predicted octanol–water partition coefficient (Wildman–Crippen LogP) is 2.80. The standard InChI is InChI=1S/C20H23F3N6O2/c21-20(22,23)15-6-4-5-13(9-15)11-29-12-14(10-16(29)30)17(31)24-18-25-19(27-26-18)28-7-2-1-3-8-28/h4-6,9,14H,1-3,7-8,10-12H2,(H2,24,25,26,27,31). The number of piperidine rings is 1. The smallest absolute Gasteiger partial charge is 0.340 e. The van der Waals surface area contributed by atoms with Gasteiger partial charge < -0.3 is 9.80 Å². The molecule has 0 radical (unpaired) electrons. The number of aromatic nitrogens is 3. The third kappa shape index (κ3) is 4.97. The molecule has 166 valence electrons. The Morgan fingerprint density at radius 2 is 2.00 bits per heavy atom. The number of rotatable bonds is 5. The van der Waals surface area contributed by atoms with Crippen LogP contribution < -0.4 is 10.2 Å². The summed E-state index contributed by atoms with van der Waals surface area (Å²) in [5.41, 5.74) is -0.397. The van der Waals surface area contributed by atoms with Crippen LogP contribution in [-0.4, -0.2) is 51.5 Å². The van der Waals surface area contributed by atoms with Crippen LogP contribution in [0, 0.1) is 5.92 Å². The van der Waals surface area contributed by atoms with Crippen LogP contribution in [0.15, 0.2) is 24.3 Å². The summed E-state index contributed by atoms with van der Waals surface area (Å²) in [6.07, 6.45) is -1.13. The van der Waals surface area contributed by atoms with Gasteiger partial charge in [-0.25, -0.2) is 5.10 Å². The van der Waals surface area contributed by atoms with E-state index in [-0.39, 0.29) is 37.3 Å². The minimum atomic E-state index is -4.45. The van der Waals surface area contributed by atoms with Gasteiger partial charge in [-0.3, -0.25) is 14.9 Å². The Labute approximate surface area is 176 Å². The molecule has 2 aliphatic rings. The molecular formula is C20H23F3N6O2. The largest absolute Gasteiger partial charge is 0.416 e. The molecule has 1 atom stereocenters. The zero-order valence-electron chi connectivity index (χ0n) is 16.8. The lowest BCUT2D eigenvalue weighted by molar-refractivity contribution is -0.137. The van der Waals surface area contributed by atoms with Crippen molar-refractivity contribution in [3.63, 3.8) is 0 Å². The van der Waals surface area contributed by atoms with Gasteiger partial charge in [-0.1, -0.05) is 12.1 Å². The number of nitrogens with one attached hydrogen (secondary N) is 2. The number of carbonyl (C=O) groups is 2. The molecule has 31 heavy (non-hydrogen) atoms. The fourth-order valence-corrected chi connectivity index (χ4v) is 3.93. The molecular weight excluding hydrogens is 413 g/mol. The fraction of sp³-hybridized carbons (Fsp3) is 0.500. The number of anilines is 2. The Morgan fingerprint density at radius 3 is 2.74 bits per heavy atom. The Bertz CT molecular complexity index is 954. The zero-order chi connectivity index (χ0) is 22.0. The number of hydrogen-bond donors (Lipinski definition) is 2. The van der Waals surface area contributed by atoms with E-state index < -0.39 is 17.7 Å². The number of carbonyl (C=O) groups excluding carboxylic acids is 2. The summed E-state index contributed by atoms with van der Waals surface area (Å²) in [5.74, 6) is -0.509. The third-order valence-electron chi connectivity index (χ3n) is 5.57. The van der Waals surface area contributed by atoms with Crippen molar-refractivity contribution in [1.29, 1.82) is 0 Å². The average molecular weight is 436 g/mol. The van der Waals surface area contributed by atoms with Gasteiger partial charge in [-0.05, 0) is 37.0 Å². The minimum absolute atomic E-state index is 0.00207. The summed E-state index contributed by atoms with van der Waals surface area (Å²) < 4.78 is 38.7. The van der Waals surface area contributed by atoms with E-state index in [0.717, 1.165) is 38.1 Å². The lowest BCUT2D eigenvalue weighted by atomic mass is 10.1. The molecule has 0 aliphatic carbocycles. The van der Waals surface area contributed by atoms with Gasteiger partial charge in [0.15, 0.2) is 0 Å². The van der Waals surface area contributed by atoms with E-state index in [1.807, 2.05) is 4.90 Å². The Hall–Kier alpha value is -3.11. The van der Waals surface area contributed by atoms with Crippen LogP contribution in [0.5, 0.6) is 0 Å². The second-order valence-corrected chi connectivity index (χ2v) is 7.89. The number of alkyl halides is 3. The second-order valence-electron chi connectivity index (χ2n) is 7.89. The Kier molecular flexibility index (Phi) is 5.84. The maximum Gasteiger partial charge on any atom is 0.416 e. The molecule has 0 spiro atoms. The molecule has 2 saturated heterocycles. The molecule has 2 aromatic rings. The van der Waals surface area contributed by atoms with Crippen LogP contribution in [0.1, 0.15) is 36.8 Å². The van der Waals surface area contributed by atoms with Crippen molar-refractivity contribution in [3.05, 3.63) is 35.4 Å². The Morgan fingerprint density at radius 1 is 1.23 bits per heavy atom. The van der Waals surface area contributed by atoms with Gasteiger partial charge in [0.25, 0.3) is 0 Å². The number of amides is 2. The first kappa shape index (κ1) is 21.1. The van der Waals surface area contributed by atoms with Crippen molar-refractivity contribution < 1.29 is 22.8 Å². The van der Waals surface area contributed by atoms with Gasteiger partial charge in [-0.15, -0.1) is 5.10 Å². The highest BCUT2D eigenvalue weighted by Gasteiger charge is 2.35. The van der Waals surface area contributed by atoms with E-state index in [1.54, 1.807) is 0 Å². The van der Waals surface area contributed by atoms with Crippen molar-refractivity contribution in [1.82, 2.24) is 20.1 Å². The number of aromatic amines is 1. The summed E-state index contributed by atoms with van der Waals surface area (Å²) in [5, 5.41) is 9.49. The zero-order valence-corrected chi connectivity index (χ0v) is 16.8. The van der Waals surface area contributed by atoms with Crippen LogP contribution in [0.3, 0.4) is 0 Å². The van der Waals surface area contributed by atoms with Gasteiger partial charge in [0, 0.05) is 32.6 Å². The summed E-state index contributed by atoms with van der Waals surface area (Å²) in [7, 11) is 0. The number of halogens is 3. The number of likely N-dealkylation sites (tertiary alicyclic amines) is 1. The number of hydrogen-bond acceptors (Lipinski definition) is 5. The van der Waals surface area contributed by atoms with Gasteiger partial charge >= 0.3 is 6.18 Å². The highest BCUT2D eigenvalue weighted by molar-refractivity contribution is 5.96. The first-order valence-electron chi connectivity index (χ1n) is 10.2. The van der Waals surface area contributed by atoms with Gasteiger partial charge in [0.2, 0.25) is 23.7 Å². The second kappa shape index (κ2) is 8.56. The average Bonchev–Trinajstić information content (AvgIpc) is 3.35. The van der Waals surface area contributed by atoms with Gasteiger partial charge in [-0.2, -0.15) is 18.2 Å². The van der Waals surface area contributed by atoms with Crippen molar-refractivity contribution in [3.8, 4) is 0 Å². The molecule has 3 heterocycles. The van der Waals surface area contributed by atoms with E-state index >= 15 is 0 Å². The summed E-state index contributed by atoms with van der Waals surface area (Å²) in [4.78, 5) is 32.7. The number of nitrogens with zero attached hydrogens (tertiary/aromatic N) is 4. The molecule has 2 aliphatic heterocycles. The van der Waals surface area contributed by atoms with E-state index in [0.29, 0.717) is 11.5 Å². The van der Waals surface area contributed by atoms with Crippen molar-refractivity contribution in [2.75, 3.05) is 29.9 Å². The lowest BCUT2D eigenvalue weighted by Gasteiger charge is -2.24. The highest BCUT2D eigenvalue weighted by Crippen LogP contribution is 2.30. The number of H-pyrrole nitrogens is 1. The van der Waals surface area contributed by atoms with Crippen LogP contribution >= 0.6 is 0 Å². The van der Waals surface area contributed by atoms with E-state index in [4.69, 9.17) is 0 Å². The maximum atomic E-state index is 12.9. The van der Waals surface area contributed by atoms with Crippen LogP contribution in [-0.2, 0) is 22.3 Å². The quantitative estimate of drug-likeness (QED) is 0.752. The van der Waals surface area contributed by atoms with E-state index in [1.165, 1.54) is 23.5 Å². The van der Waals surface area contributed by atoms with Crippen molar-refractivity contribution in [2.24, 2.45) is 5.92 Å².